The summed E-state index contributed by atoms with van der Waals surface area (Å²) in [6.45, 7) is 0.0463. The van der Waals surface area contributed by atoms with Gasteiger partial charge in [-0.3, -0.25) is 0 Å². The standard InChI is InChI=1S/C12H7BrN2O5S/c13-9-2-1-7(19-9)11-15-14-10(20-11)4-18-6-3-8(12(16)17)21-5-6/h1-3,5H,4H2,(H,16,17). The third-order valence-electron chi connectivity index (χ3n) is 2.40. The molecular weight excluding hydrogens is 364 g/mol. The predicted octanol–water partition coefficient (Wildman–Crippen LogP) is 3.43. The zero-order valence-corrected chi connectivity index (χ0v) is 12.7. The van der Waals surface area contributed by atoms with Crippen LogP contribution in [0.25, 0.3) is 11.7 Å². The monoisotopic (exact) mass is 370 g/mol. The minimum Gasteiger partial charge on any atom is -0.483 e. The highest BCUT2D eigenvalue weighted by atomic mass is 79.9. The molecule has 0 radical (unpaired) electrons. The Morgan fingerprint density at radius 2 is 2.24 bits per heavy atom. The highest BCUT2D eigenvalue weighted by Crippen LogP contribution is 2.25. The van der Waals surface area contributed by atoms with Crippen molar-refractivity contribution in [2.75, 3.05) is 0 Å². The van der Waals surface area contributed by atoms with Crippen LogP contribution < -0.4 is 4.74 Å². The number of halogens is 1. The van der Waals surface area contributed by atoms with Crippen LogP contribution in [0, 0.1) is 0 Å². The molecule has 7 nitrogen and oxygen atoms in total. The van der Waals surface area contributed by atoms with Crippen LogP contribution in [-0.4, -0.2) is 21.3 Å². The molecule has 0 saturated heterocycles. The summed E-state index contributed by atoms with van der Waals surface area (Å²) >= 11 is 4.27. The first-order valence-electron chi connectivity index (χ1n) is 5.64. The van der Waals surface area contributed by atoms with Gasteiger partial charge in [-0.1, -0.05) is 0 Å². The molecule has 3 aromatic heterocycles. The second-order valence-corrected chi connectivity index (χ2v) is 5.54. The van der Waals surface area contributed by atoms with Crippen LogP contribution in [0.4, 0.5) is 0 Å². The summed E-state index contributed by atoms with van der Waals surface area (Å²) in [4.78, 5) is 11.0. The van der Waals surface area contributed by atoms with Crippen LogP contribution in [0.5, 0.6) is 5.75 Å². The smallest absolute Gasteiger partial charge is 0.346 e. The van der Waals surface area contributed by atoms with Crippen molar-refractivity contribution in [1.29, 1.82) is 0 Å². The van der Waals surface area contributed by atoms with Crippen LogP contribution in [0.3, 0.4) is 0 Å². The van der Waals surface area contributed by atoms with Gasteiger partial charge >= 0.3 is 5.97 Å². The fourth-order valence-corrected chi connectivity index (χ4v) is 2.46. The van der Waals surface area contributed by atoms with Crippen molar-refractivity contribution in [2.24, 2.45) is 0 Å². The van der Waals surface area contributed by atoms with Gasteiger partial charge in [-0.05, 0) is 28.1 Å². The molecule has 9 heteroatoms. The Kier molecular flexibility index (Phi) is 3.76. The van der Waals surface area contributed by atoms with E-state index in [1.54, 1.807) is 17.5 Å². The van der Waals surface area contributed by atoms with Crippen molar-refractivity contribution >= 4 is 33.2 Å². The van der Waals surface area contributed by atoms with E-state index in [0.29, 0.717) is 16.2 Å². The van der Waals surface area contributed by atoms with Crippen LogP contribution >= 0.6 is 27.3 Å². The van der Waals surface area contributed by atoms with Gasteiger partial charge in [0.05, 0.1) is 0 Å². The molecule has 0 aliphatic heterocycles. The minimum atomic E-state index is -0.988. The first kappa shape index (κ1) is 13.8. The van der Waals surface area contributed by atoms with E-state index in [4.69, 9.17) is 18.7 Å². The zero-order valence-electron chi connectivity index (χ0n) is 10.3. The molecule has 0 aromatic carbocycles. The van der Waals surface area contributed by atoms with Crippen molar-refractivity contribution in [2.45, 2.75) is 6.61 Å². The molecule has 0 aliphatic carbocycles. The molecule has 0 fully saturated rings. The summed E-state index contributed by atoms with van der Waals surface area (Å²) in [6, 6.07) is 4.85. The Morgan fingerprint density at radius 3 is 2.90 bits per heavy atom. The van der Waals surface area contributed by atoms with Gasteiger partial charge in [0.15, 0.2) is 17.0 Å². The Labute approximate surface area is 130 Å². The van der Waals surface area contributed by atoms with E-state index in [0.717, 1.165) is 11.3 Å². The van der Waals surface area contributed by atoms with Gasteiger partial charge in [0, 0.05) is 11.4 Å². The number of carbonyl (C=O) groups is 1. The van der Waals surface area contributed by atoms with Crippen molar-refractivity contribution < 1.29 is 23.5 Å². The number of furan rings is 1. The largest absolute Gasteiger partial charge is 0.483 e. The molecule has 108 valence electrons. The summed E-state index contributed by atoms with van der Waals surface area (Å²) < 4.78 is 16.6. The topological polar surface area (TPSA) is 98.6 Å². The molecule has 21 heavy (non-hydrogen) atoms. The number of hydrogen-bond donors (Lipinski definition) is 1. The van der Waals surface area contributed by atoms with Gasteiger partial charge in [0.2, 0.25) is 0 Å². The number of ether oxygens (including phenoxy) is 1. The van der Waals surface area contributed by atoms with E-state index < -0.39 is 5.97 Å². The maximum absolute atomic E-state index is 10.8. The van der Waals surface area contributed by atoms with Gasteiger partial charge in [0.1, 0.15) is 10.6 Å². The Morgan fingerprint density at radius 1 is 1.38 bits per heavy atom. The van der Waals surface area contributed by atoms with Gasteiger partial charge in [0.25, 0.3) is 11.8 Å². The molecule has 1 N–H and O–H groups in total. The molecular formula is C12H7BrN2O5S. The molecule has 0 aliphatic rings. The number of aromatic nitrogens is 2. The lowest BCUT2D eigenvalue weighted by molar-refractivity contribution is 0.0702. The van der Waals surface area contributed by atoms with E-state index in [1.807, 2.05) is 0 Å². The summed E-state index contributed by atoms with van der Waals surface area (Å²) in [5, 5.41) is 18.1. The zero-order chi connectivity index (χ0) is 14.8. The Bertz CT molecular complexity index is 778. The van der Waals surface area contributed by atoms with E-state index in [9.17, 15) is 4.79 Å². The molecule has 0 unspecified atom stereocenters. The third kappa shape index (κ3) is 3.14. The summed E-state index contributed by atoms with van der Waals surface area (Å²) in [6.07, 6.45) is 0. The Balaban J connectivity index is 1.65. The number of nitrogens with zero attached hydrogens (tertiary/aromatic N) is 2. The summed E-state index contributed by atoms with van der Waals surface area (Å²) in [7, 11) is 0. The second kappa shape index (κ2) is 5.70. The average molecular weight is 371 g/mol. The SMILES string of the molecule is O=C(O)c1cc(OCc2nnc(-c3ccc(Br)o3)o2)cs1. The van der Waals surface area contributed by atoms with Crippen molar-refractivity contribution in [3.8, 4) is 17.4 Å². The number of carboxylic acid groups (broad SMARTS) is 1. The van der Waals surface area contributed by atoms with Crippen LogP contribution in [0.1, 0.15) is 15.6 Å². The fourth-order valence-electron chi connectivity index (χ4n) is 1.49. The number of carboxylic acids is 1. The maximum Gasteiger partial charge on any atom is 0.346 e. The Hall–Kier alpha value is -2.13. The van der Waals surface area contributed by atoms with Crippen LogP contribution in [0.2, 0.25) is 0 Å². The number of hydrogen-bond acceptors (Lipinski definition) is 7. The minimum absolute atomic E-state index is 0.0463. The van der Waals surface area contributed by atoms with E-state index in [2.05, 4.69) is 26.1 Å². The molecule has 0 saturated carbocycles. The molecule has 3 heterocycles. The highest BCUT2D eigenvalue weighted by Gasteiger charge is 2.13. The number of rotatable bonds is 5. The molecule has 0 bridgehead atoms. The quantitative estimate of drug-likeness (QED) is 0.734. The van der Waals surface area contributed by atoms with Crippen molar-refractivity contribution in [3.63, 3.8) is 0 Å². The lowest BCUT2D eigenvalue weighted by Gasteiger charge is -1.98. The van der Waals surface area contributed by atoms with E-state index >= 15 is 0 Å². The molecule has 0 amide bonds. The van der Waals surface area contributed by atoms with E-state index in [1.165, 1.54) is 6.07 Å². The second-order valence-electron chi connectivity index (χ2n) is 3.85. The molecule has 3 rings (SSSR count). The van der Waals surface area contributed by atoms with Crippen molar-refractivity contribution in [1.82, 2.24) is 10.2 Å². The highest BCUT2D eigenvalue weighted by molar-refractivity contribution is 9.10. The maximum atomic E-state index is 10.8. The first-order valence-corrected chi connectivity index (χ1v) is 7.32. The van der Waals surface area contributed by atoms with Gasteiger partial charge in [-0.15, -0.1) is 21.5 Å². The van der Waals surface area contributed by atoms with Crippen LogP contribution in [-0.2, 0) is 6.61 Å². The van der Waals surface area contributed by atoms with Gasteiger partial charge < -0.3 is 18.7 Å². The molecule has 0 spiro atoms. The van der Waals surface area contributed by atoms with Crippen molar-refractivity contribution in [3.05, 3.63) is 39.0 Å². The third-order valence-corrected chi connectivity index (χ3v) is 3.72. The van der Waals surface area contributed by atoms with Crippen LogP contribution in [0.15, 0.2) is 37.1 Å². The fraction of sp³-hybridized carbons (Fsp3) is 0.0833. The lowest BCUT2D eigenvalue weighted by atomic mass is 10.4. The molecule has 3 aromatic rings. The summed E-state index contributed by atoms with van der Waals surface area (Å²) in [5.41, 5.74) is 0. The number of aromatic carboxylic acids is 1. The first-order chi connectivity index (χ1) is 10.1. The van der Waals surface area contributed by atoms with Gasteiger partial charge in [-0.2, -0.15) is 0 Å². The summed E-state index contributed by atoms with van der Waals surface area (Å²) in [5.74, 6) is 0.414. The van der Waals surface area contributed by atoms with E-state index in [-0.39, 0.29) is 23.3 Å². The lowest BCUT2D eigenvalue weighted by Crippen LogP contribution is -1.95. The number of thiophene rings is 1. The predicted molar refractivity (Wildman–Crippen MR) is 75.3 cm³/mol. The molecule has 0 atom stereocenters. The van der Waals surface area contributed by atoms with Gasteiger partial charge in [-0.25, -0.2) is 4.79 Å². The average Bonchev–Trinajstić information content (AvgIpc) is 3.16. The normalized spacial score (nSPS) is 10.7.